The molecule has 19 heavy (non-hydrogen) atoms. The second kappa shape index (κ2) is 5.55. The van der Waals surface area contributed by atoms with Crippen molar-refractivity contribution < 1.29 is 0 Å². The highest BCUT2D eigenvalue weighted by Crippen LogP contribution is 2.36. The molecule has 0 bridgehead atoms. The van der Waals surface area contributed by atoms with Crippen molar-refractivity contribution in [2.75, 3.05) is 19.6 Å². The summed E-state index contributed by atoms with van der Waals surface area (Å²) in [7, 11) is 0. The molecule has 3 nitrogen and oxygen atoms in total. The molecule has 0 amide bonds. The van der Waals surface area contributed by atoms with Gasteiger partial charge in [0.15, 0.2) is 0 Å². The summed E-state index contributed by atoms with van der Waals surface area (Å²) in [5.41, 5.74) is 7.94. The van der Waals surface area contributed by atoms with E-state index in [9.17, 15) is 0 Å². The third-order valence-corrected chi connectivity index (χ3v) is 5.23. The smallest absolute Gasteiger partial charge is 0.0447 e. The molecule has 0 aromatic carbocycles. The van der Waals surface area contributed by atoms with Gasteiger partial charge in [-0.1, -0.05) is 11.6 Å². The average Bonchev–Trinajstić information content (AvgIpc) is 3.01. The van der Waals surface area contributed by atoms with E-state index in [4.69, 9.17) is 5.73 Å². The first kappa shape index (κ1) is 13.6. The molecule has 2 unspecified atom stereocenters. The Labute approximate surface area is 117 Å². The van der Waals surface area contributed by atoms with Gasteiger partial charge in [0.2, 0.25) is 0 Å². The molecule has 1 saturated heterocycles. The number of rotatable bonds is 6. The van der Waals surface area contributed by atoms with Crippen molar-refractivity contribution >= 4 is 0 Å². The van der Waals surface area contributed by atoms with Crippen molar-refractivity contribution in [3.8, 4) is 0 Å². The molecule has 108 valence electrons. The first-order valence-corrected chi connectivity index (χ1v) is 8.11. The van der Waals surface area contributed by atoms with Crippen molar-refractivity contribution in [2.24, 2.45) is 5.73 Å². The molecule has 0 radical (unpaired) electrons. The molecular weight excluding hydrogens is 234 g/mol. The summed E-state index contributed by atoms with van der Waals surface area (Å²) in [6.45, 7) is 5.42. The largest absolute Gasteiger partial charge is 0.329 e. The lowest BCUT2D eigenvalue weighted by atomic mass is 9.96. The average molecular weight is 263 g/mol. The summed E-state index contributed by atoms with van der Waals surface area (Å²) < 4.78 is 0. The second-order valence-corrected chi connectivity index (χ2v) is 6.87. The van der Waals surface area contributed by atoms with Crippen molar-refractivity contribution in [3.05, 3.63) is 11.6 Å². The van der Waals surface area contributed by atoms with Crippen LogP contribution in [0.5, 0.6) is 0 Å². The molecule has 0 aromatic heterocycles. The van der Waals surface area contributed by atoms with Gasteiger partial charge in [-0.05, 0) is 58.4 Å². The maximum absolute atomic E-state index is 6.10. The molecule has 0 aromatic rings. The monoisotopic (exact) mass is 263 g/mol. The fraction of sp³-hybridized carbons (Fsp3) is 0.875. The van der Waals surface area contributed by atoms with Crippen LogP contribution in [-0.2, 0) is 0 Å². The maximum atomic E-state index is 6.10. The first-order chi connectivity index (χ1) is 9.22. The van der Waals surface area contributed by atoms with E-state index in [1.807, 2.05) is 0 Å². The lowest BCUT2D eigenvalue weighted by Gasteiger charge is -2.29. The molecule has 2 fully saturated rings. The molecule has 3 N–H and O–H groups in total. The molecule has 3 aliphatic rings. The first-order valence-electron chi connectivity index (χ1n) is 8.11. The van der Waals surface area contributed by atoms with Gasteiger partial charge in [-0.3, -0.25) is 4.90 Å². The van der Waals surface area contributed by atoms with Crippen LogP contribution in [0, 0.1) is 0 Å². The summed E-state index contributed by atoms with van der Waals surface area (Å²) in [6, 6.07) is 1.57. The zero-order valence-electron chi connectivity index (χ0n) is 12.3. The van der Waals surface area contributed by atoms with Crippen LogP contribution in [0.15, 0.2) is 11.6 Å². The van der Waals surface area contributed by atoms with E-state index in [1.165, 1.54) is 44.9 Å². The number of nitrogens with two attached hydrogens (primary N) is 1. The van der Waals surface area contributed by atoms with Gasteiger partial charge in [0.05, 0.1) is 0 Å². The van der Waals surface area contributed by atoms with Crippen LogP contribution in [0.1, 0.15) is 51.9 Å². The number of nitrogens with one attached hydrogen (secondary N) is 1. The Morgan fingerprint density at radius 3 is 2.95 bits per heavy atom. The summed E-state index contributed by atoms with van der Waals surface area (Å²) in [6.07, 6.45) is 11.7. The van der Waals surface area contributed by atoms with Gasteiger partial charge in [0.25, 0.3) is 0 Å². The van der Waals surface area contributed by atoms with Gasteiger partial charge in [-0.25, -0.2) is 0 Å². The zero-order valence-corrected chi connectivity index (χ0v) is 12.3. The number of hydrogen-bond acceptors (Lipinski definition) is 3. The van der Waals surface area contributed by atoms with Crippen molar-refractivity contribution in [1.29, 1.82) is 0 Å². The Bertz CT molecular complexity index is 348. The number of likely N-dealkylation sites (tertiary alicyclic amines) is 1. The Balaban J connectivity index is 1.51. The van der Waals surface area contributed by atoms with Crippen LogP contribution in [-0.4, -0.2) is 42.2 Å². The Morgan fingerprint density at radius 2 is 2.32 bits per heavy atom. The second-order valence-electron chi connectivity index (χ2n) is 6.87. The molecule has 1 saturated carbocycles. The highest BCUT2D eigenvalue weighted by Gasteiger charge is 2.45. The summed E-state index contributed by atoms with van der Waals surface area (Å²) in [4.78, 5) is 2.69. The lowest BCUT2D eigenvalue weighted by Crippen LogP contribution is -2.53. The molecule has 3 heteroatoms. The van der Waals surface area contributed by atoms with Crippen LogP contribution >= 0.6 is 0 Å². The molecule has 0 spiro atoms. The van der Waals surface area contributed by atoms with E-state index >= 15 is 0 Å². The van der Waals surface area contributed by atoms with E-state index in [-0.39, 0.29) is 5.54 Å². The fourth-order valence-corrected chi connectivity index (χ4v) is 3.95. The molecule has 1 heterocycles. The predicted molar refractivity (Wildman–Crippen MR) is 80.1 cm³/mol. The number of nitrogens with zero attached hydrogens (tertiary/aromatic N) is 1. The van der Waals surface area contributed by atoms with Crippen LogP contribution in [0.4, 0.5) is 0 Å². The van der Waals surface area contributed by atoms with Crippen molar-refractivity contribution in [3.63, 3.8) is 0 Å². The molecular formula is C16H29N3. The van der Waals surface area contributed by atoms with Crippen LogP contribution in [0.3, 0.4) is 0 Å². The topological polar surface area (TPSA) is 41.3 Å². The highest BCUT2D eigenvalue weighted by molar-refractivity contribution is 5.09. The zero-order chi connectivity index (χ0) is 13.3. The maximum Gasteiger partial charge on any atom is 0.0447 e. The van der Waals surface area contributed by atoms with Crippen LogP contribution in [0.2, 0.25) is 0 Å². The van der Waals surface area contributed by atoms with E-state index < -0.39 is 0 Å². The highest BCUT2D eigenvalue weighted by atomic mass is 15.3. The minimum absolute atomic E-state index is 0.182. The third kappa shape index (κ3) is 3.04. The van der Waals surface area contributed by atoms with Crippen LogP contribution < -0.4 is 11.1 Å². The van der Waals surface area contributed by atoms with E-state index in [2.05, 4.69) is 23.2 Å². The molecule has 1 aliphatic heterocycles. The summed E-state index contributed by atoms with van der Waals surface area (Å²) >= 11 is 0. The van der Waals surface area contributed by atoms with E-state index in [0.29, 0.717) is 6.04 Å². The summed E-state index contributed by atoms with van der Waals surface area (Å²) in [5, 5.41) is 3.81. The van der Waals surface area contributed by atoms with E-state index in [0.717, 1.165) is 25.7 Å². The minimum Gasteiger partial charge on any atom is -0.329 e. The Morgan fingerprint density at radius 1 is 1.47 bits per heavy atom. The minimum atomic E-state index is 0.182. The number of allylic oxidation sites excluding steroid dienone is 1. The molecule has 2 atom stereocenters. The quantitative estimate of drug-likeness (QED) is 0.721. The van der Waals surface area contributed by atoms with E-state index in [1.54, 1.807) is 5.57 Å². The third-order valence-electron chi connectivity index (χ3n) is 5.23. The van der Waals surface area contributed by atoms with Gasteiger partial charge >= 0.3 is 0 Å². The molecule has 2 aliphatic carbocycles. The van der Waals surface area contributed by atoms with Gasteiger partial charge in [-0.15, -0.1) is 0 Å². The standard InChI is InChI=1S/C16H29N3/c1-13-10-16(11-17,12-19(13)15-6-7-15)18-9-8-14-4-2-3-5-14/h4,13,15,18H,2-3,5-12,17H2,1H3. The van der Waals surface area contributed by atoms with Gasteiger partial charge in [0.1, 0.15) is 0 Å². The molecule has 3 rings (SSSR count). The normalized spacial score (nSPS) is 35.9. The Hall–Kier alpha value is -0.380. The van der Waals surface area contributed by atoms with Gasteiger partial charge in [0, 0.05) is 30.7 Å². The predicted octanol–water partition coefficient (Wildman–Crippen LogP) is 2.03. The van der Waals surface area contributed by atoms with Crippen molar-refractivity contribution in [2.45, 2.75) is 69.5 Å². The lowest BCUT2D eigenvalue weighted by molar-refractivity contribution is 0.242. The SMILES string of the molecule is CC1CC(CN)(NCCC2=CCCC2)CN1C1CC1. The Kier molecular flexibility index (Phi) is 3.97. The van der Waals surface area contributed by atoms with Gasteiger partial charge < -0.3 is 11.1 Å². The van der Waals surface area contributed by atoms with Crippen molar-refractivity contribution in [1.82, 2.24) is 10.2 Å². The van der Waals surface area contributed by atoms with Crippen LogP contribution in [0.25, 0.3) is 0 Å². The number of hydrogen-bond donors (Lipinski definition) is 2. The fourth-order valence-electron chi connectivity index (χ4n) is 3.95. The van der Waals surface area contributed by atoms with Gasteiger partial charge in [-0.2, -0.15) is 0 Å². The summed E-state index contributed by atoms with van der Waals surface area (Å²) in [5.74, 6) is 0.